The minimum Gasteiger partial charge on any atom is -0.308 e. The molecule has 0 aromatic heterocycles. The van der Waals surface area contributed by atoms with Crippen LogP contribution in [0, 0.1) is 0 Å². The summed E-state index contributed by atoms with van der Waals surface area (Å²) in [5.41, 5.74) is -0.583. The van der Waals surface area contributed by atoms with Crippen molar-refractivity contribution in [1.29, 1.82) is 0 Å². The minimum absolute atomic E-state index is 0.0308. The summed E-state index contributed by atoms with van der Waals surface area (Å²) >= 11 is 5.67. The van der Waals surface area contributed by atoms with Crippen molar-refractivity contribution < 1.29 is 21.6 Å². The van der Waals surface area contributed by atoms with Crippen LogP contribution in [-0.4, -0.2) is 44.8 Å². The van der Waals surface area contributed by atoms with Gasteiger partial charge < -0.3 is 4.90 Å². The molecule has 0 bridgehead atoms. The van der Waals surface area contributed by atoms with Crippen molar-refractivity contribution in [2.75, 3.05) is 27.2 Å². The fraction of sp³-hybridized carbons (Fsp3) is 0.333. The van der Waals surface area contributed by atoms with Gasteiger partial charge in [0.15, 0.2) is 0 Å². The van der Waals surface area contributed by atoms with E-state index in [0.29, 0.717) is 18.2 Å². The van der Waals surface area contributed by atoms with Gasteiger partial charge in [0.25, 0.3) is 0 Å². The molecular weight excluding hydrogens is 401 g/mol. The van der Waals surface area contributed by atoms with Gasteiger partial charge in [-0.25, -0.2) is 8.42 Å². The largest absolute Gasteiger partial charge is 0.417 e. The van der Waals surface area contributed by atoms with Gasteiger partial charge in [-0.3, -0.25) is 0 Å². The number of likely N-dealkylation sites (N-methyl/N-ethyl adjacent to an activating group) is 1. The number of rotatable bonds is 7. The topological polar surface area (TPSA) is 40.6 Å². The highest BCUT2D eigenvalue weighted by molar-refractivity contribution is 7.89. The van der Waals surface area contributed by atoms with E-state index in [1.807, 2.05) is 0 Å². The molecule has 9 heteroatoms. The van der Waals surface area contributed by atoms with Gasteiger partial charge in [-0.2, -0.15) is 17.5 Å². The molecule has 0 saturated heterocycles. The Bertz CT molecular complexity index is 872. The highest BCUT2D eigenvalue weighted by Crippen LogP contribution is 2.37. The number of hydrogen-bond donors (Lipinski definition) is 0. The lowest BCUT2D eigenvalue weighted by Gasteiger charge is -2.25. The van der Waals surface area contributed by atoms with Crippen LogP contribution >= 0.6 is 11.6 Å². The van der Waals surface area contributed by atoms with Gasteiger partial charge in [0.1, 0.15) is 0 Å². The van der Waals surface area contributed by atoms with E-state index in [9.17, 15) is 21.6 Å². The van der Waals surface area contributed by atoms with E-state index < -0.39 is 26.7 Å². The third-order valence-corrected chi connectivity index (χ3v) is 6.00. The molecule has 0 unspecified atom stereocenters. The first-order valence-corrected chi connectivity index (χ1v) is 9.89. The van der Waals surface area contributed by atoms with E-state index in [4.69, 9.17) is 11.6 Å². The van der Waals surface area contributed by atoms with Crippen molar-refractivity contribution in [3.63, 3.8) is 0 Å². The molecule has 148 valence electrons. The molecule has 4 nitrogen and oxygen atoms in total. The molecule has 0 aliphatic carbocycles. The van der Waals surface area contributed by atoms with Crippen molar-refractivity contribution in [1.82, 2.24) is 9.21 Å². The molecule has 0 amide bonds. The number of sulfonamides is 1. The Kier molecular flexibility index (Phi) is 6.91. The van der Waals surface area contributed by atoms with Crippen LogP contribution in [0.5, 0.6) is 0 Å². The summed E-state index contributed by atoms with van der Waals surface area (Å²) < 4.78 is 67.5. The third kappa shape index (κ3) is 5.68. The molecule has 2 rings (SSSR count). The van der Waals surface area contributed by atoms with Crippen molar-refractivity contribution in [2.24, 2.45) is 0 Å². The van der Waals surface area contributed by atoms with E-state index in [1.165, 1.54) is 0 Å². The second-order valence-electron chi connectivity index (χ2n) is 6.27. The average molecular weight is 421 g/mol. The van der Waals surface area contributed by atoms with Crippen LogP contribution in [0.25, 0.3) is 0 Å². The van der Waals surface area contributed by atoms with Crippen LogP contribution in [0.2, 0.25) is 5.02 Å². The maximum atomic E-state index is 13.4. The van der Waals surface area contributed by atoms with Crippen LogP contribution in [-0.2, 0) is 22.7 Å². The lowest BCUT2D eigenvalue weighted by Crippen LogP contribution is -2.37. The van der Waals surface area contributed by atoms with E-state index in [-0.39, 0.29) is 18.1 Å². The van der Waals surface area contributed by atoms with Gasteiger partial charge in [0.2, 0.25) is 10.0 Å². The molecule has 0 N–H and O–H groups in total. The van der Waals surface area contributed by atoms with E-state index in [1.54, 1.807) is 49.3 Å². The first-order valence-electron chi connectivity index (χ1n) is 8.07. The first kappa shape index (κ1) is 21.7. The summed E-state index contributed by atoms with van der Waals surface area (Å²) in [6, 6.07) is 11.4. The normalized spacial score (nSPS) is 12.7. The summed E-state index contributed by atoms with van der Waals surface area (Å²) in [7, 11) is -0.876. The monoisotopic (exact) mass is 420 g/mol. The van der Waals surface area contributed by atoms with Crippen LogP contribution in [0.15, 0.2) is 53.4 Å². The molecule has 0 heterocycles. The van der Waals surface area contributed by atoms with Gasteiger partial charge >= 0.3 is 6.18 Å². The second kappa shape index (κ2) is 8.60. The Morgan fingerprint density at radius 3 is 2.19 bits per heavy atom. The standard InChI is InChI=1S/C18H20ClF3N2O2S/c1-23(2)10-11-24(13-14-6-4-3-5-7-14)27(25,26)17-9-8-15(19)12-16(17)18(20,21)22/h3-9,12H,10-11,13H2,1-2H3. The predicted molar refractivity (Wildman–Crippen MR) is 99.0 cm³/mol. The van der Waals surface area contributed by atoms with E-state index >= 15 is 0 Å². The fourth-order valence-electron chi connectivity index (χ4n) is 2.47. The van der Waals surface area contributed by atoms with Gasteiger partial charge in [0, 0.05) is 24.7 Å². The van der Waals surface area contributed by atoms with Crippen molar-refractivity contribution in [3.8, 4) is 0 Å². The molecule has 2 aromatic rings. The summed E-state index contributed by atoms with van der Waals surface area (Å²) in [6.45, 7) is 0.377. The average Bonchev–Trinajstić information content (AvgIpc) is 2.58. The zero-order valence-corrected chi connectivity index (χ0v) is 16.4. The van der Waals surface area contributed by atoms with Crippen LogP contribution in [0.3, 0.4) is 0 Å². The molecule has 0 aliphatic rings. The molecule has 2 aromatic carbocycles. The molecule has 0 aliphatic heterocycles. The predicted octanol–water partition coefficient (Wildman–Crippen LogP) is 4.11. The molecule has 0 atom stereocenters. The molecule has 0 spiro atoms. The Morgan fingerprint density at radius 2 is 1.63 bits per heavy atom. The highest BCUT2D eigenvalue weighted by atomic mass is 35.5. The lowest BCUT2D eigenvalue weighted by molar-refractivity contribution is -0.139. The maximum absolute atomic E-state index is 13.4. The summed E-state index contributed by atoms with van der Waals surface area (Å²) in [6.07, 6.45) is -4.84. The number of halogens is 4. The van der Waals surface area contributed by atoms with Crippen LogP contribution < -0.4 is 0 Å². The lowest BCUT2D eigenvalue weighted by atomic mass is 10.2. The number of hydrogen-bond acceptors (Lipinski definition) is 3. The van der Waals surface area contributed by atoms with Gasteiger partial charge in [-0.1, -0.05) is 41.9 Å². The molecule has 0 saturated carbocycles. The molecule has 0 fully saturated rings. The van der Waals surface area contributed by atoms with Gasteiger partial charge in [-0.05, 0) is 37.9 Å². The molecular formula is C18H20ClF3N2O2S. The van der Waals surface area contributed by atoms with Crippen LogP contribution in [0.1, 0.15) is 11.1 Å². The Hall–Kier alpha value is -1.61. The van der Waals surface area contributed by atoms with Gasteiger partial charge in [0.05, 0.1) is 10.5 Å². The summed E-state index contributed by atoms with van der Waals surface area (Å²) in [4.78, 5) is 0.967. The number of benzene rings is 2. The summed E-state index contributed by atoms with van der Waals surface area (Å²) in [5.74, 6) is 0. The quantitative estimate of drug-likeness (QED) is 0.676. The molecule has 27 heavy (non-hydrogen) atoms. The van der Waals surface area contributed by atoms with Crippen molar-refractivity contribution in [2.45, 2.75) is 17.6 Å². The second-order valence-corrected chi connectivity index (χ2v) is 8.61. The van der Waals surface area contributed by atoms with E-state index in [0.717, 1.165) is 16.4 Å². The third-order valence-electron chi connectivity index (χ3n) is 3.86. The Morgan fingerprint density at radius 1 is 1.00 bits per heavy atom. The fourth-order valence-corrected chi connectivity index (χ4v) is 4.25. The molecule has 0 radical (unpaired) electrons. The van der Waals surface area contributed by atoms with Gasteiger partial charge in [-0.15, -0.1) is 0 Å². The summed E-state index contributed by atoms with van der Waals surface area (Å²) in [5, 5.41) is -0.177. The first-order chi connectivity index (χ1) is 12.5. The highest BCUT2D eigenvalue weighted by Gasteiger charge is 2.39. The Balaban J connectivity index is 2.50. The number of nitrogens with zero attached hydrogens (tertiary/aromatic N) is 2. The minimum atomic E-state index is -4.84. The van der Waals surface area contributed by atoms with Crippen molar-refractivity contribution in [3.05, 3.63) is 64.7 Å². The zero-order chi connectivity index (χ0) is 20.2. The number of alkyl halides is 3. The zero-order valence-electron chi connectivity index (χ0n) is 14.9. The van der Waals surface area contributed by atoms with Crippen molar-refractivity contribution >= 4 is 21.6 Å². The van der Waals surface area contributed by atoms with Crippen LogP contribution in [0.4, 0.5) is 13.2 Å². The SMILES string of the molecule is CN(C)CCN(Cc1ccccc1)S(=O)(=O)c1ccc(Cl)cc1C(F)(F)F. The smallest absolute Gasteiger partial charge is 0.308 e. The van der Waals surface area contributed by atoms with E-state index in [2.05, 4.69) is 0 Å². The maximum Gasteiger partial charge on any atom is 0.417 e. The Labute approximate surface area is 162 Å².